The lowest BCUT2D eigenvalue weighted by Crippen LogP contribution is -2.47. The molecule has 4 rings (SSSR count). The summed E-state index contributed by atoms with van der Waals surface area (Å²) in [5, 5.41) is 4.03. The molecule has 0 bridgehead atoms. The van der Waals surface area contributed by atoms with Crippen LogP contribution in [-0.4, -0.2) is 28.9 Å². The van der Waals surface area contributed by atoms with Gasteiger partial charge < -0.3 is 9.73 Å². The van der Waals surface area contributed by atoms with Gasteiger partial charge in [-0.2, -0.15) is 0 Å². The lowest BCUT2D eigenvalue weighted by molar-refractivity contribution is -0.118. The molecule has 0 saturated carbocycles. The largest absolute Gasteiger partial charge is 0.463 e. The number of nitrogens with one attached hydrogen (secondary N) is 1. The molecule has 1 aromatic carbocycles. The van der Waals surface area contributed by atoms with Gasteiger partial charge in [0.05, 0.1) is 18.2 Å². The van der Waals surface area contributed by atoms with Crippen molar-refractivity contribution in [2.24, 2.45) is 5.92 Å². The van der Waals surface area contributed by atoms with Crippen molar-refractivity contribution < 1.29 is 9.21 Å². The normalized spacial score (nSPS) is 15.3. The van der Waals surface area contributed by atoms with Crippen LogP contribution in [0.4, 0.5) is 5.69 Å². The predicted octanol–water partition coefficient (Wildman–Crippen LogP) is 3.29. The van der Waals surface area contributed by atoms with E-state index in [1.807, 2.05) is 36.4 Å². The van der Waals surface area contributed by atoms with Crippen LogP contribution in [0.15, 0.2) is 59.3 Å². The van der Waals surface area contributed by atoms with Gasteiger partial charge in [0.1, 0.15) is 0 Å². The highest BCUT2D eigenvalue weighted by molar-refractivity contribution is 5.90. The van der Waals surface area contributed by atoms with E-state index in [1.165, 1.54) is 0 Å². The molecule has 5 heteroatoms. The van der Waals surface area contributed by atoms with E-state index in [2.05, 4.69) is 21.3 Å². The highest BCUT2D eigenvalue weighted by Gasteiger charge is 2.28. The van der Waals surface area contributed by atoms with Crippen LogP contribution >= 0.6 is 0 Å². The van der Waals surface area contributed by atoms with Crippen LogP contribution in [0.2, 0.25) is 0 Å². The third kappa shape index (κ3) is 3.31. The molecule has 3 aromatic rings. The third-order valence-electron chi connectivity index (χ3n) is 4.35. The average Bonchev–Trinajstić information content (AvgIpc) is 3.01. The van der Waals surface area contributed by atoms with Gasteiger partial charge in [-0.15, -0.1) is 0 Å². The minimum absolute atomic E-state index is 0.0868. The van der Waals surface area contributed by atoms with Crippen LogP contribution < -0.4 is 5.32 Å². The molecule has 1 saturated heterocycles. The maximum absolute atomic E-state index is 12.0. The van der Waals surface area contributed by atoms with Gasteiger partial charge in [-0.05, 0) is 30.2 Å². The molecule has 1 N–H and O–H groups in total. The van der Waals surface area contributed by atoms with Crippen LogP contribution in [0.5, 0.6) is 0 Å². The van der Waals surface area contributed by atoms with E-state index in [-0.39, 0.29) is 5.91 Å². The average molecular weight is 321 g/mol. The van der Waals surface area contributed by atoms with Crippen molar-refractivity contribution in [1.29, 1.82) is 0 Å². The highest BCUT2D eigenvalue weighted by atomic mass is 16.3. The minimum Gasteiger partial charge on any atom is -0.463 e. The molecule has 1 amide bonds. The molecule has 0 aliphatic carbocycles. The number of rotatable bonds is 5. The first-order valence-electron chi connectivity index (χ1n) is 8.16. The fraction of sp³-hybridized carbons (Fsp3) is 0.263. The molecule has 0 spiro atoms. The second kappa shape index (κ2) is 6.45. The first-order valence-corrected chi connectivity index (χ1v) is 8.16. The number of hydrogen-bond acceptors (Lipinski definition) is 4. The van der Waals surface area contributed by atoms with E-state index >= 15 is 0 Å². The minimum atomic E-state index is 0.0868. The summed E-state index contributed by atoms with van der Waals surface area (Å²) in [5.41, 5.74) is 2.71. The van der Waals surface area contributed by atoms with Crippen LogP contribution in [0, 0.1) is 5.92 Å². The number of pyridine rings is 1. The van der Waals surface area contributed by atoms with Crippen molar-refractivity contribution in [3.05, 3.63) is 60.6 Å². The first kappa shape index (κ1) is 14.9. The molecule has 1 fully saturated rings. The molecule has 5 nitrogen and oxygen atoms in total. The number of likely N-dealkylation sites (tertiary alicyclic amines) is 1. The molecule has 24 heavy (non-hydrogen) atoms. The summed E-state index contributed by atoms with van der Waals surface area (Å²) in [5.74, 6) is 0.509. The second-order valence-corrected chi connectivity index (χ2v) is 6.31. The Bertz CT molecular complexity index is 838. The maximum Gasteiger partial charge on any atom is 0.224 e. The summed E-state index contributed by atoms with van der Waals surface area (Å²) >= 11 is 0. The van der Waals surface area contributed by atoms with Gasteiger partial charge >= 0.3 is 0 Å². The summed E-state index contributed by atoms with van der Waals surface area (Å²) in [7, 11) is 0. The standard InChI is InChI=1S/C19H19N3O2/c23-19(21-16-4-2-1-3-5-16)8-14-11-22(12-14)13-17-9-15-6-7-24-18(15)10-20-17/h1-7,9-10,14H,8,11-13H2,(H,21,23). The van der Waals surface area contributed by atoms with Gasteiger partial charge in [0.15, 0.2) is 5.58 Å². The summed E-state index contributed by atoms with van der Waals surface area (Å²) in [6.45, 7) is 2.69. The molecule has 1 aliphatic rings. The zero-order valence-electron chi connectivity index (χ0n) is 13.3. The van der Waals surface area contributed by atoms with Crippen molar-refractivity contribution in [1.82, 2.24) is 9.88 Å². The summed E-state index contributed by atoms with van der Waals surface area (Å²) in [6.07, 6.45) is 4.02. The Hall–Kier alpha value is -2.66. The number of benzene rings is 1. The number of amides is 1. The lowest BCUT2D eigenvalue weighted by atomic mass is 9.95. The van der Waals surface area contributed by atoms with Crippen molar-refractivity contribution in [2.75, 3.05) is 18.4 Å². The van der Waals surface area contributed by atoms with Gasteiger partial charge in [0, 0.05) is 37.1 Å². The molecule has 1 aliphatic heterocycles. The van der Waals surface area contributed by atoms with Gasteiger partial charge in [-0.1, -0.05) is 18.2 Å². The zero-order valence-corrected chi connectivity index (χ0v) is 13.3. The number of furan rings is 1. The van der Waals surface area contributed by atoms with Crippen LogP contribution in [-0.2, 0) is 11.3 Å². The van der Waals surface area contributed by atoms with Crippen molar-refractivity contribution in [3.8, 4) is 0 Å². The first-order chi connectivity index (χ1) is 11.8. The summed E-state index contributed by atoms with van der Waals surface area (Å²) < 4.78 is 5.31. The quantitative estimate of drug-likeness (QED) is 0.783. The predicted molar refractivity (Wildman–Crippen MR) is 92.5 cm³/mol. The van der Waals surface area contributed by atoms with Crippen LogP contribution in [0.25, 0.3) is 11.0 Å². The van der Waals surface area contributed by atoms with E-state index in [0.29, 0.717) is 12.3 Å². The van der Waals surface area contributed by atoms with Crippen molar-refractivity contribution >= 4 is 22.6 Å². The van der Waals surface area contributed by atoms with E-state index < -0.39 is 0 Å². The zero-order chi connectivity index (χ0) is 16.4. The fourth-order valence-electron chi connectivity index (χ4n) is 3.16. The molecule has 3 heterocycles. The van der Waals surface area contributed by atoms with E-state index in [9.17, 15) is 4.79 Å². The molecule has 0 radical (unpaired) electrons. The Kier molecular flexibility index (Phi) is 4.01. The number of anilines is 1. The smallest absolute Gasteiger partial charge is 0.224 e. The topological polar surface area (TPSA) is 58.4 Å². The monoisotopic (exact) mass is 321 g/mol. The number of carbonyl (C=O) groups is 1. The Labute approximate surface area is 140 Å². The Morgan fingerprint density at radius 1 is 1.25 bits per heavy atom. The Morgan fingerprint density at radius 2 is 2.08 bits per heavy atom. The van der Waals surface area contributed by atoms with Gasteiger partial charge in [0.25, 0.3) is 0 Å². The third-order valence-corrected chi connectivity index (χ3v) is 4.35. The molecule has 122 valence electrons. The van der Waals surface area contributed by atoms with E-state index in [1.54, 1.807) is 12.5 Å². The van der Waals surface area contributed by atoms with Crippen molar-refractivity contribution in [3.63, 3.8) is 0 Å². The number of fused-ring (bicyclic) bond motifs is 1. The van der Waals surface area contributed by atoms with Crippen LogP contribution in [0.1, 0.15) is 12.1 Å². The Morgan fingerprint density at radius 3 is 2.92 bits per heavy atom. The molecule has 0 atom stereocenters. The maximum atomic E-state index is 12.0. The van der Waals surface area contributed by atoms with Gasteiger partial charge in [0.2, 0.25) is 5.91 Å². The lowest BCUT2D eigenvalue weighted by Gasteiger charge is -2.38. The molecule has 2 aromatic heterocycles. The second-order valence-electron chi connectivity index (χ2n) is 6.31. The highest BCUT2D eigenvalue weighted by Crippen LogP contribution is 2.23. The number of para-hydroxylation sites is 1. The van der Waals surface area contributed by atoms with Gasteiger partial charge in [-0.3, -0.25) is 14.7 Å². The van der Waals surface area contributed by atoms with Crippen molar-refractivity contribution in [2.45, 2.75) is 13.0 Å². The summed E-state index contributed by atoms with van der Waals surface area (Å²) in [4.78, 5) is 18.8. The number of nitrogens with zero attached hydrogens (tertiary/aromatic N) is 2. The Balaban J connectivity index is 1.25. The summed E-state index contributed by atoms with van der Waals surface area (Å²) in [6, 6.07) is 13.6. The SMILES string of the molecule is O=C(CC1CN(Cc2cc3ccoc3cn2)C1)Nc1ccccc1. The fourth-order valence-corrected chi connectivity index (χ4v) is 3.16. The van der Waals surface area contributed by atoms with E-state index in [0.717, 1.165) is 42.0 Å². The molecular weight excluding hydrogens is 302 g/mol. The van der Waals surface area contributed by atoms with Crippen LogP contribution in [0.3, 0.4) is 0 Å². The molecule has 0 unspecified atom stereocenters. The number of carbonyl (C=O) groups excluding carboxylic acids is 1. The molecular formula is C19H19N3O2. The van der Waals surface area contributed by atoms with E-state index in [4.69, 9.17) is 4.42 Å². The van der Waals surface area contributed by atoms with Gasteiger partial charge in [-0.25, -0.2) is 0 Å². The number of hydrogen-bond donors (Lipinski definition) is 1. The number of aromatic nitrogens is 1.